The number of rotatable bonds is 3. The van der Waals surface area contributed by atoms with E-state index in [1.807, 2.05) is 0 Å². The van der Waals surface area contributed by atoms with Crippen molar-refractivity contribution >= 4 is 21.6 Å². The van der Waals surface area contributed by atoms with Crippen LogP contribution in [0.4, 0.5) is 5.69 Å². The van der Waals surface area contributed by atoms with Gasteiger partial charge in [-0.05, 0) is 49.9 Å². The number of benzene rings is 1. The predicted octanol–water partition coefficient (Wildman–Crippen LogP) is 3.19. The normalized spacial score (nSPS) is 24.4. The number of halogens is 1. The van der Waals surface area contributed by atoms with E-state index in [1.165, 1.54) is 28.7 Å². The van der Waals surface area contributed by atoms with Gasteiger partial charge in [-0.25, -0.2) is 0 Å². The zero-order chi connectivity index (χ0) is 12.4. The SMILES string of the molecule is CC1CC(C)N(c2ccc(CCN)c(Br)c2)C1. The van der Waals surface area contributed by atoms with E-state index in [4.69, 9.17) is 5.73 Å². The molecule has 1 aromatic rings. The van der Waals surface area contributed by atoms with E-state index in [2.05, 4.69) is 52.9 Å². The Morgan fingerprint density at radius 1 is 1.41 bits per heavy atom. The smallest absolute Gasteiger partial charge is 0.0380 e. The van der Waals surface area contributed by atoms with Gasteiger partial charge in [0, 0.05) is 22.7 Å². The number of hydrogen-bond donors (Lipinski definition) is 1. The molecule has 1 saturated heterocycles. The number of nitrogens with two attached hydrogens (primary N) is 1. The van der Waals surface area contributed by atoms with Gasteiger partial charge in [-0.15, -0.1) is 0 Å². The summed E-state index contributed by atoms with van der Waals surface area (Å²) in [7, 11) is 0. The van der Waals surface area contributed by atoms with Gasteiger partial charge in [0.1, 0.15) is 0 Å². The fourth-order valence-corrected chi connectivity index (χ4v) is 3.30. The lowest BCUT2D eigenvalue weighted by molar-refractivity contribution is 0.625. The molecule has 2 unspecified atom stereocenters. The third-order valence-electron chi connectivity index (χ3n) is 3.57. The number of nitrogens with zero attached hydrogens (tertiary/aromatic N) is 1. The zero-order valence-corrected chi connectivity index (χ0v) is 12.2. The van der Waals surface area contributed by atoms with Crippen LogP contribution in [0.3, 0.4) is 0 Å². The van der Waals surface area contributed by atoms with Gasteiger partial charge in [0.05, 0.1) is 0 Å². The van der Waals surface area contributed by atoms with Crippen molar-refractivity contribution < 1.29 is 0 Å². The molecule has 0 bridgehead atoms. The molecular weight excluding hydrogens is 276 g/mol. The first kappa shape index (κ1) is 12.9. The van der Waals surface area contributed by atoms with Crippen molar-refractivity contribution in [2.24, 2.45) is 11.7 Å². The summed E-state index contributed by atoms with van der Waals surface area (Å²) in [5.74, 6) is 0.799. The van der Waals surface area contributed by atoms with Crippen LogP contribution in [0, 0.1) is 5.92 Å². The highest BCUT2D eigenvalue weighted by Crippen LogP contribution is 2.31. The lowest BCUT2D eigenvalue weighted by Gasteiger charge is -2.24. The van der Waals surface area contributed by atoms with E-state index in [0.717, 1.165) is 12.3 Å². The molecule has 2 atom stereocenters. The molecule has 3 heteroatoms. The van der Waals surface area contributed by atoms with Crippen LogP contribution in [0.25, 0.3) is 0 Å². The Morgan fingerprint density at radius 3 is 2.71 bits per heavy atom. The molecule has 17 heavy (non-hydrogen) atoms. The van der Waals surface area contributed by atoms with Gasteiger partial charge in [0.2, 0.25) is 0 Å². The van der Waals surface area contributed by atoms with Crippen LogP contribution in [0.15, 0.2) is 22.7 Å². The summed E-state index contributed by atoms with van der Waals surface area (Å²) >= 11 is 3.65. The van der Waals surface area contributed by atoms with Gasteiger partial charge >= 0.3 is 0 Å². The summed E-state index contributed by atoms with van der Waals surface area (Å²) in [6, 6.07) is 7.31. The minimum Gasteiger partial charge on any atom is -0.369 e. The quantitative estimate of drug-likeness (QED) is 0.928. The lowest BCUT2D eigenvalue weighted by atomic mass is 10.1. The van der Waals surface area contributed by atoms with Gasteiger partial charge in [-0.3, -0.25) is 0 Å². The monoisotopic (exact) mass is 296 g/mol. The summed E-state index contributed by atoms with van der Waals surface area (Å²) in [5.41, 5.74) is 8.23. The fraction of sp³-hybridized carbons (Fsp3) is 0.571. The molecule has 1 aromatic carbocycles. The Bertz CT molecular complexity index is 392. The third kappa shape index (κ3) is 2.83. The second-order valence-corrected chi connectivity index (χ2v) is 6.01. The maximum atomic E-state index is 5.60. The summed E-state index contributed by atoms with van der Waals surface area (Å²) in [6.45, 7) is 6.51. The molecule has 1 aliphatic rings. The van der Waals surface area contributed by atoms with E-state index in [1.54, 1.807) is 0 Å². The van der Waals surface area contributed by atoms with Gasteiger partial charge < -0.3 is 10.6 Å². The molecule has 0 aromatic heterocycles. The maximum Gasteiger partial charge on any atom is 0.0380 e. The molecular formula is C14H21BrN2. The summed E-state index contributed by atoms with van der Waals surface area (Å²) in [6.07, 6.45) is 2.23. The highest BCUT2D eigenvalue weighted by atomic mass is 79.9. The first-order chi connectivity index (χ1) is 8.11. The van der Waals surface area contributed by atoms with E-state index in [0.29, 0.717) is 12.6 Å². The van der Waals surface area contributed by atoms with Crippen LogP contribution in [0.2, 0.25) is 0 Å². The van der Waals surface area contributed by atoms with Gasteiger partial charge in [-0.2, -0.15) is 0 Å². The third-order valence-corrected chi connectivity index (χ3v) is 4.30. The van der Waals surface area contributed by atoms with Crippen molar-refractivity contribution in [3.05, 3.63) is 28.2 Å². The van der Waals surface area contributed by atoms with E-state index >= 15 is 0 Å². The average molecular weight is 297 g/mol. The van der Waals surface area contributed by atoms with Crippen molar-refractivity contribution in [1.82, 2.24) is 0 Å². The van der Waals surface area contributed by atoms with Gasteiger partial charge in [0.25, 0.3) is 0 Å². The molecule has 94 valence electrons. The molecule has 1 aliphatic heterocycles. The topological polar surface area (TPSA) is 29.3 Å². The van der Waals surface area contributed by atoms with Gasteiger partial charge in [-0.1, -0.05) is 28.9 Å². The maximum absolute atomic E-state index is 5.60. The number of anilines is 1. The first-order valence-corrected chi connectivity index (χ1v) is 7.16. The van der Waals surface area contributed by atoms with Crippen molar-refractivity contribution in [1.29, 1.82) is 0 Å². The molecule has 2 N–H and O–H groups in total. The molecule has 1 heterocycles. The molecule has 1 fully saturated rings. The standard InChI is InChI=1S/C14H21BrN2/c1-10-7-11(2)17(9-10)13-4-3-12(5-6-16)14(15)8-13/h3-4,8,10-11H,5-7,9,16H2,1-2H3. The minimum absolute atomic E-state index is 0.650. The minimum atomic E-state index is 0.650. The molecule has 2 rings (SSSR count). The van der Waals surface area contributed by atoms with Crippen molar-refractivity contribution in [2.75, 3.05) is 18.0 Å². The van der Waals surface area contributed by atoms with Crippen LogP contribution >= 0.6 is 15.9 Å². The van der Waals surface area contributed by atoms with Crippen molar-refractivity contribution in [3.8, 4) is 0 Å². The summed E-state index contributed by atoms with van der Waals surface area (Å²) < 4.78 is 1.19. The van der Waals surface area contributed by atoms with Crippen molar-refractivity contribution in [3.63, 3.8) is 0 Å². The largest absolute Gasteiger partial charge is 0.369 e. The first-order valence-electron chi connectivity index (χ1n) is 6.37. The molecule has 0 radical (unpaired) electrons. The fourth-order valence-electron chi connectivity index (χ4n) is 2.73. The lowest BCUT2D eigenvalue weighted by Crippen LogP contribution is -2.26. The van der Waals surface area contributed by atoms with Crippen LogP contribution in [0.1, 0.15) is 25.8 Å². The highest BCUT2D eigenvalue weighted by Gasteiger charge is 2.26. The Hall–Kier alpha value is -0.540. The predicted molar refractivity (Wildman–Crippen MR) is 77.5 cm³/mol. The van der Waals surface area contributed by atoms with E-state index < -0.39 is 0 Å². The van der Waals surface area contributed by atoms with Gasteiger partial charge in [0.15, 0.2) is 0 Å². The molecule has 0 aliphatic carbocycles. The second kappa shape index (κ2) is 5.40. The Labute approximate surface area is 112 Å². The van der Waals surface area contributed by atoms with E-state index in [-0.39, 0.29) is 0 Å². The Morgan fingerprint density at radius 2 is 2.18 bits per heavy atom. The second-order valence-electron chi connectivity index (χ2n) is 5.16. The van der Waals surface area contributed by atoms with E-state index in [9.17, 15) is 0 Å². The molecule has 0 amide bonds. The number of hydrogen-bond acceptors (Lipinski definition) is 2. The van der Waals surface area contributed by atoms with Crippen LogP contribution < -0.4 is 10.6 Å². The van der Waals surface area contributed by atoms with Crippen LogP contribution in [0.5, 0.6) is 0 Å². The Balaban J connectivity index is 2.20. The average Bonchev–Trinajstić information content (AvgIpc) is 2.61. The van der Waals surface area contributed by atoms with Crippen LogP contribution in [-0.4, -0.2) is 19.1 Å². The summed E-state index contributed by atoms with van der Waals surface area (Å²) in [5, 5.41) is 0. The summed E-state index contributed by atoms with van der Waals surface area (Å²) in [4.78, 5) is 2.50. The molecule has 0 saturated carbocycles. The Kier molecular flexibility index (Phi) is 4.10. The van der Waals surface area contributed by atoms with Crippen LogP contribution in [-0.2, 0) is 6.42 Å². The highest BCUT2D eigenvalue weighted by molar-refractivity contribution is 9.10. The molecule has 2 nitrogen and oxygen atoms in total. The zero-order valence-electron chi connectivity index (χ0n) is 10.6. The van der Waals surface area contributed by atoms with Crippen molar-refractivity contribution in [2.45, 2.75) is 32.7 Å². The molecule has 0 spiro atoms.